The van der Waals surface area contributed by atoms with Gasteiger partial charge in [0, 0.05) is 25.2 Å². The van der Waals surface area contributed by atoms with E-state index in [1.54, 1.807) is 29.2 Å². The molecule has 2 aliphatic rings. The number of ether oxygens (including phenoxy) is 1. The van der Waals surface area contributed by atoms with Gasteiger partial charge in [0.1, 0.15) is 24.4 Å². The van der Waals surface area contributed by atoms with Crippen LogP contribution < -0.4 is 20.7 Å². The highest BCUT2D eigenvalue weighted by molar-refractivity contribution is 5.99. The smallest absolute Gasteiger partial charge is 0.255 e. The lowest BCUT2D eigenvalue weighted by Gasteiger charge is -2.28. The first-order valence-electron chi connectivity index (χ1n) is 14.5. The number of nitrogens with one attached hydrogen (secondary N) is 3. The summed E-state index contributed by atoms with van der Waals surface area (Å²) in [4.78, 5) is 54.9. The Morgan fingerprint density at radius 1 is 1.12 bits per heavy atom. The molecular formula is C30H42N6O5. The lowest BCUT2D eigenvalue weighted by Crippen LogP contribution is -2.52. The lowest BCUT2D eigenvalue weighted by atomic mass is 10.0. The summed E-state index contributed by atoms with van der Waals surface area (Å²) in [6.07, 6.45) is 1.42. The van der Waals surface area contributed by atoms with Crippen LogP contribution in [-0.2, 0) is 20.9 Å². The number of amides is 4. The second kappa shape index (κ2) is 13.2. The Labute approximate surface area is 241 Å². The van der Waals surface area contributed by atoms with Crippen LogP contribution in [0.3, 0.4) is 0 Å². The highest BCUT2D eigenvalue weighted by Crippen LogP contribution is 2.23. The molecule has 3 heterocycles. The van der Waals surface area contributed by atoms with E-state index in [1.807, 2.05) is 39.3 Å². The summed E-state index contributed by atoms with van der Waals surface area (Å²) < 4.78 is 7.90. The molecule has 11 nitrogen and oxygen atoms in total. The van der Waals surface area contributed by atoms with Gasteiger partial charge in [0.25, 0.3) is 5.91 Å². The zero-order valence-corrected chi connectivity index (χ0v) is 24.7. The van der Waals surface area contributed by atoms with Gasteiger partial charge in [0.2, 0.25) is 17.7 Å². The number of hydrogen-bond donors (Lipinski definition) is 3. The van der Waals surface area contributed by atoms with Crippen molar-refractivity contribution in [2.45, 2.75) is 85.0 Å². The molecule has 1 saturated heterocycles. The van der Waals surface area contributed by atoms with Gasteiger partial charge in [-0.05, 0) is 63.6 Å². The van der Waals surface area contributed by atoms with Crippen LogP contribution in [0.1, 0.15) is 66.8 Å². The summed E-state index contributed by atoms with van der Waals surface area (Å²) in [6, 6.07) is 4.99. The van der Waals surface area contributed by atoms with Gasteiger partial charge in [-0.25, -0.2) is 0 Å². The van der Waals surface area contributed by atoms with Crippen molar-refractivity contribution in [2.24, 2.45) is 5.92 Å². The van der Waals surface area contributed by atoms with E-state index in [4.69, 9.17) is 4.74 Å². The van der Waals surface area contributed by atoms with E-state index in [1.165, 1.54) is 0 Å². The van der Waals surface area contributed by atoms with Crippen molar-refractivity contribution in [2.75, 3.05) is 19.7 Å². The molecule has 2 aliphatic heterocycles. The average molecular weight is 567 g/mol. The number of carbonyl (C=O) groups excluding carboxylic acids is 4. The van der Waals surface area contributed by atoms with Crippen molar-refractivity contribution in [3.8, 4) is 5.75 Å². The number of hydrogen-bond acceptors (Lipinski definition) is 6. The first-order chi connectivity index (χ1) is 19.6. The van der Waals surface area contributed by atoms with Gasteiger partial charge < -0.3 is 25.6 Å². The topological polar surface area (TPSA) is 135 Å². The molecule has 11 heteroatoms. The van der Waals surface area contributed by atoms with E-state index >= 15 is 0 Å². The quantitative estimate of drug-likeness (QED) is 0.507. The largest absolute Gasteiger partial charge is 0.491 e. The Morgan fingerprint density at radius 2 is 1.88 bits per heavy atom. The number of benzene rings is 1. The summed E-state index contributed by atoms with van der Waals surface area (Å²) >= 11 is 0. The minimum absolute atomic E-state index is 0.0184. The van der Waals surface area contributed by atoms with Crippen molar-refractivity contribution in [1.82, 2.24) is 30.6 Å². The van der Waals surface area contributed by atoms with Crippen LogP contribution in [0.2, 0.25) is 0 Å². The summed E-state index contributed by atoms with van der Waals surface area (Å²) in [6.45, 7) is 11.3. The molecule has 1 fully saturated rings. The fourth-order valence-electron chi connectivity index (χ4n) is 5.31. The van der Waals surface area contributed by atoms with Crippen molar-refractivity contribution in [3.05, 3.63) is 46.8 Å². The van der Waals surface area contributed by atoms with Crippen LogP contribution in [0.15, 0.2) is 24.3 Å². The number of rotatable bonds is 5. The maximum Gasteiger partial charge on any atom is 0.255 e. The maximum absolute atomic E-state index is 13.4. The van der Waals surface area contributed by atoms with Gasteiger partial charge >= 0.3 is 0 Å². The minimum atomic E-state index is -0.954. The standard InChI is InChI=1S/C30H42N6O5/c1-18(2)24-17-41-26-11-7-6-9-22(26)28(38)32-23(12-13-27(37)35-15-8-10-25(35)30(40)33-24)29(39)31-14-16-36-21(5)19(3)20(4)34-36/h6-7,9,11,18,23-25H,8,10,12-17H2,1-5H3,(H,31,39)(H,32,38)(H,33,40)/t23-,24-,25-/m0/s1. The molecule has 1 aromatic heterocycles. The molecule has 1 aromatic carbocycles. The van der Waals surface area contributed by atoms with Crippen molar-refractivity contribution in [1.29, 1.82) is 0 Å². The first-order valence-corrected chi connectivity index (χ1v) is 14.5. The highest BCUT2D eigenvalue weighted by Gasteiger charge is 2.36. The third kappa shape index (κ3) is 7.07. The van der Waals surface area contributed by atoms with Crippen molar-refractivity contribution in [3.63, 3.8) is 0 Å². The van der Waals surface area contributed by atoms with Crippen LogP contribution >= 0.6 is 0 Å². The number of nitrogens with zero attached hydrogens (tertiary/aromatic N) is 3. The fraction of sp³-hybridized carbons (Fsp3) is 0.567. The SMILES string of the molecule is Cc1nn(CCNC(=O)[C@@H]2CCC(=O)N3CCC[C@H]3C(=O)N[C@H](C(C)C)COc3ccccc3C(=O)N2)c(C)c1C. The molecule has 3 atom stereocenters. The number of aromatic nitrogens is 2. The van der Waals surface area contributed by atoms with Crippen LogP contribution in [0.25, 0.3) is 0 Å². The van der Waals surface area contributed by atoms with Gasteiger partial charge in [0.05, 0.1) is 23.8 Å². The van der Waals surface area contributed by atoms with E-state index in [-0.39, 0.29) is 54.7 Å². The first kappa shape index (κ1) is 30.1. The third-order valence-electron chi connectivity index (χ3n) is 8.19. The molecule has 41 heavy (non-hydrogen) atoms. The number of para-hydroxylation sites is 1. The molecule has 222 valence electrons. The summed E-state index contributed by atoms with van der Waals surface area (Å²) in [5, 5.41) is 13.3. The number of aryl methyl sites for hydroxylation is 1. The van der Waals surface area contributed by atoms with E-state index in [2.05, 4.69) is 21.0 Å². The van der Waals surface area contributed by atoms with Crippen LogP contribution in [0.5, 0.6) is 5.75 Å². The molecule has 4 amide bonds. The van der Waals surface area contributed by atoms with Crippen molar-refractivity contribution < 1.29 is 23.9 Å². The van der Waals surface area contributed by atoms with Gasteiger partial charge in [-0.1, -0.05) is 26.0 Å². The van der Waals surface area contributed by atoms with E-state index in [0.29, 0.717) is 31.8 Å². The molecular weight excluding hydrogens is 524 g/mol. The zero-order chi connectivity index (χ0) is 29.7. The zero-order valence-electron chi connectivity index (χ0n) is 24.7. The van der Waals surface area contributed by atoms with Gasteiger partial charge in [-0.3, -0.25) is 23.9 Å². The van der Waals surface area contributed by atoms with Crippen LogP contribution in [0.4, 0.5) is 0 Å². The predicted molar refractivity (Wildman–Crippen MR) is 153 cm³/mol. The molecule has 4 rings (SSSR count). The monoisotopic (exact) mass is 566 g/mol. The Balaban J connectivity index is 1.55. The average Bonchev–Trinajstić information content (AvgIpc) is 3.53. The molecule has 0 radical (unpaired) electrons. The highest BCUT2D eigenvalue weighted by atomic mass is 16.5. The minimum Gasteiger partial charge on any atom is -0.491 e. The Hall–Kier alpha value is -3.89. The summed E-state index contributed by atoms with van der Waals surface area (Å²) in [7, 11) is 0. The fourth-order valence-corrected chi connectivity index (χ4v) is 5.31. The van der Waals surface area contributed by atoms with Gasteiger partial charge in [-0.15, -0.1) is 0 Å². The Kier molecular flexibility index (Phi) is 9.67. The molecule has 0 bridgehead atoms. The van der Waals surface area contributed by atoms with Gasteiger partial charge in [0.15, 0.2) is 0 Å². The van der Waals surface area contributed by atoms with E-state index < -0.39 is 18.0 Å². The van der Waals surface area contributed by atoms with Crippen molar-refractivity contribution >= 4 is 23.6 Å². The van der Waals surface area contributed by atoms with Crippen LogP contribution in [0, 0.1) is 26.7 Å². The Morgan fingerprint density at radius 3 is 2.59 bits per heavy atom. The Bertz CT molecular complexity index is 1290. The van der Waals surface area contributed by atoms with E-state index in [9.17, 15) is 19.2 Å². The molecule has 0 aliphatic carbocycles. The third-order valence-corrected chi connectivity index (χ3v) is 8.19. The predicted octanol–water partition coefficient (Wildman–Crippen LogP) is 2.03. The second-order valence-corrected chi connectivity index (χ2v) is 11.3. The summed E-state index contributed by atoms with van der Waals surface area (Å²) in [5.41, 5.74) is 3.36. The van der Waals surface area contributed by atoms with Crippen LogP contribution in [-0.4, -0.2) is 76.1 Å². The second-order valence-electron chi connectivity index (χ2n) is 11.3. The molecule has 2 aromatic rings. The van der Waals surface area contributed by atoms with Gasteiger partial charge in [-0.2, -0.15) is 5.10 Å². The molecule has 0 saturated carbocycles. The summed E-state index contributed by atoms with van der Waals surface area (Å²) in [5.74, 6) is -0.848. The van der Waals surface area contributed by atoms with E-state index in [0.717, 1.165) is 23.4 Å². The molecule has 0 spiro atoms. The normalized spacial score (nSPS) is 22.1. The molecule has 0 unspecified atom stereocenters. The number of fused-ring (bicyclic) bond motifs is 2. The number of carbonyl (C=O) groups is 4. The lowest BCUT2D eigenvalue weighted by molar-refractivity contribution is -0.139. The molecule has 3 N–H and O–H groups in total. The maximum atomic E-state index is 13.4.